The van der Waals surface area contributed by atoms with Crippen LogP contribution in [0.1, 0.15) is 25.5 Å². The number of aliphatic hydroxyl groups is 1. The molecule has 0 amide bonds. The molecule has 1 aromatic heterocycles. The van der Waals surface area contributed by atoms with Crippen molar-refractivity contribution < 1.29 is 5.11 Å². The van der Waals surface area contributed by atoms with Gasteiger partial charge in [0.05, 0.1) is 11.6 Å². The fraction of sp³-hybridized carbons (Fsp3) is 0.471. The maximum Gasteiger partial charge on any atom is 0.0726 e. The van der Waals surface area contributed by atoms with Crippen LogP contribution in [0.3, 0.4) is 0 Å². The standard InChI is InChI=1S/C17H22N2O/c1-12-10-17(15-7-3-4-8-16(15)18-12)19-9-5-6-14(11-19)13(2)20/h3-4,7-8,10,13-14,20H,5-6,9,11H2,1-2H3. The molecule has 2 atom stereocenters. The molecule has 1 aliphatic rings. The Bertz CT molecular complexity index is 609. The third kappa shape index (κ3) is 2.50. The van der Waals surface area contributed by atoms with Crippen LogP contribution in [0.5, 0.6) is 0 Å². The first kappa shape index (κ1) is 13.4. The summed E-state index contributed by atoms with van der Waals surface area (Å²) in [5.74, 6) is 0.371. The van der Waals surface area contributed by atoms with Gasteiger partial charge in [-0.25, -0.2) is 0 Å². The number of hydrogen-bond acceptors (Lipinski definition) is 3. The summed E-state index contributed by atoms with van der Waals surface area (Å²) in [5.41, 5.74) is 3.37. The van der Waals surface area contributed by atoms with Gasteiger partial charge in [0.1, 0.15) is 0 Å². The Morgan fingerprint density at radius 1 is 1.35 bits per heavy atom. The number of benzene rings is 1. The first-order valence-corrected chi connectivity index (χ1v) is 7.44. The molecule has 2 aromatic rings. The van der Waals surface area contributed by atoms with Crippen molar-refractivity contribution in [2.24, 2.45) is 5.92 Å². The fourth-order valence-corrected chi connectivity index (χ4v) is 3.17. The van der Waals surface area contributed by atoms with E-state index < -0.39 is 0 Å². The Kier molecular flexibility index (Phi) is 3.62. The van der Waals surface area contributed by atoms with E-state index in [2.05, 4.69) is 34.1 Å². The molecule has 1 saturated heterocycles. The lowest BCUT2D eigenvalue weighted by Gasteiger charge is -2.36. The van der Waals surface area contributed by atoms with Gasteiger partial charge in [-0.2, -0.15) is 0 Å². The molecule has 106 valence electrons. The lowest BCUT2D eigenvalue weighted by Crippen LogP contribution is -2.39. The quantitative estimate of drug-likeness (QED) is 0.910. The lowest BCUT2D eigenvalue weighted by molar-refractivity contribution is 0.115. The van der Waals surface area contributed by atoms with Crippen molar-refractivity contribution in [1.29, 1.82) is 0 Å². The molecule has 3 rings (SSSR count). The van der Waals surface area contributed by atoms with Crippen LogP contribution in [0, 0.1) is 12.8 Å². The second-order valence-electron chi connectivity index (χ2n) is 5.89. The van der Waals surface area contributed by atoms with E-state index in [0.29, 0.717) is 5.92 Å². The van der Waals surface area contributed by atoms with Crippen LogP contribution < -0.4 is 4.90 Å². The molecule has 0 spiro atoms. The summed E-state index contributed by atoms with van der Waals surface area (Å²) in [5, 5.41) is 11.1. The maximum atomic E-state index is 9.87. The summed E-state index contributed by atoms with van der Waals surface area (Å²) >= 11 is 0. The number of aromatic nitrogens is 1. The zero-order chi connectivity index (χ0) is 14.1. The number of aliphatic hydroxyl groups excluding tert-OH is 1. The fourth-order valence-electron chi connectivity index (χ4n) is 3.17. The molecule has 1 aromatic carbocycles. The average Bonchev–Trinajstić information content (AvgIpc) is 2.46. The highest BCUT2D eigenvalue weighted by Crippen LogP contribution is 2.31. The first-order valence-electron chi connectivity index (χ1n) is 7.44. The summed E-state index contributed by atoms with van der Waals surface area (Å²) in [6.45, 7) is 5.96. The minimum absolute atomic E-state index is 0.230. The first-order chi connectivity index (χ1) is 9.65. The smallest absolute Gasteiger partial charge is 0.0726 e. The molecule has 0 aliphatic carbocycles. The predicted octanol–water partition coefficient (Wildman–Crippen LogP) is 3.14. The van der Waals surface area contributed by atoms with Crippen molar-refractivity contribution in [3.63, 3.8) is 0 Å². The van der Waals surface area contributed by atoms with Crippen LogP contribution in [-0.4, -0.2) is 29.3 Å². The monoisotopic (exact) mass is 270 g/mol. The van der Waals surface area contributed by atoms with Gasteiger partial charge in [0.15, 0.2) is 0 Å². The van der Waals surface area contributed by atoms with Crippen LogP contribution >= 0.6 is 0 Å². The Hall–Kier alpha value is -1.61. The van der Waals surface area contributed by atoms with E-state index in [4.69, 9.17) is 0 Å². The van der Waals surface area contributed by atoms with Crippen molar-refractivity contribution in [3.05, 3.63) is 36.0 Å². The molecule has 0 radical (unpaired) electrons. The van der Waals surface area contributed by atoms with E-state index in [1.165, 1.54) is 11.1 Å². The number of pyridine rings is 1. The van der Waals surface area contributed by atoms with Crippen LogP contribution in [-0.2, 0) is 0 Å². The van der Waals surface area contributed by atoms with Crippen LogP contribution in [0.2, 0.25) is 0 Å². The molecule has 20 heavy (non-hydrogen) atoms. The molecule has 1 aliphatic heterocycles. The molecular weight excluding hydrogens is 248 g/mol. The Labute approximate surface area is 120 Å². The number of rotatable bonds is 2. The van der Waals surface area contributed by atoms with Crippen molar-refractivity contribution in [3.8, 4) is 0 Å². The van der Waals surface area contributed by atoms with Crippen LogP contribution in [0.25, 0.3) is 10.9 Å². The van der Waals surface area contributed by atoms with Gasteiger partial charge < -0.3 is 10.0 Å². The molecule has 3 heteroatoms. The predicted molar refractivity (Wildman–Crippen MR) is 83.1 cm³/mol. The minimum Gasteiger partial charge on any atom is -0.393 e. The number of hydrogen-bond donors (Lipinski definition) is 1. The van der Waals surface area contributed by atoms with E-state index in [-0.39, 0.29) is 6.10 Å². The molecular formula is C17H22N2O. The van der Waals surface area contributed by atoms with Gasteiger partial charge in [0, 0.05) is 35.8 Å². The number of fused-ring (bicyclic) bond motifs is 1. The highest BCUT2D eigenvalue weighted by molar-refractivity contribution is 5.92. The Morgan fingerprint density at radius 2 is 2.15 bits per heavy atom. The molecule has 0 bridgehead atoms. The van der Waals surface area contributed by atoms with Crippen molar-refractivity contribution >= 4 is 16.6 Å². The minimum atomic E-state index is -0.230. The van der Waals surface area contributed by atoms with E-state index >= 15 is 0 Å². The third-order valence-electron chi connectivity index (χ3n) is 4.30. The summed E-state index contributed by atoms with van der Waals surface area (Å²) in [6, 6.07) is 10.5. The maximum absolute atomic E-state index is 9.87. The number of anilines is 1. The van der Waals surface area contributed by atoms with E-state index in [1.807, 2.05) is 19.9 Å². The Balaban J connectivity index is 2.01. The summed E-state index contributed by atoms with van der Waals surface area (Å²) in [6.07, 6.45) is 2.04. The number of nitrogens with zero attached hydrogens (tertiary/aromatic N) is 2. The van der Waals surface area contributed by atoms with Crippen molar-refractivity contribution in [2.75, 3.05) is 18.0 Å². The SMILES string of the molecule is Cc1cc(N2CCCC(C(C)O)C2)c2ccccc2n1. The highest BCUT2D eigenvalue weighted by atomic mass is 16.3. The largest absolute Gasteiger partial charge is 0.393 e. The summed E-state index contributed by atoms with van der Waals surface area (Å²) < 4.78 is 0. The summed E-state index contributed by atoms with van der Waals surface area (Å²) in [7, 11) is 0. The van der Waals surface area contributed by atoms with Gasteiger partial charge in [-0.05, 0) is 38.8 Å². The Morgan fingerprint density at radius 3 is 2.95 bits per heavy atom. The van der Waals surface area contributed by atoms with Crippen LogP contribution in [0.4, 0.5) is 5.69 Å². The molecule has 1 fully saturated rings. The second-order valence-corrected chi connectivity index (χ2v) is 5.89. The van der Waals surface area contributed by atoms with Gasteiger partial charge in [-0.3, -0.25) is 4.98 Å². The van der Waals surface area contributed by atoms with E-state index in [9.17, 15) is 5.11 Å². The van der Waals surface area contributed by atoms with E-state index in [0.717, 1.165) is 37.1 Å². The zero-order valence-corrected chi connectivity index (χ0v) is 12.2. The number of aryl methyl sites for hydroxylation is 1. The average molecular weight is 270 g/mol. The highest BCUT2D eigenvalue weighted by Gasteiger charge is 2.24. The number of para-hydroxylation sites is 1. The zero-order valence-electron chi connectivity index (χ0n) is 12.2. The van der Waals surface area contributed by atoms with Gasteiger partial charge in [0.25, 0.3) is 0 Å². The molecule has 3 nitrogen and oxygen atoms in total. The van der Waals surface area contributed by atoms with E-state index in [1.54, 1.807) is 0 Å². The molecule has 2 unspecified atom stereocenters. The van der Waals surface area contributed by atoms with Gasteiger partial charge in [-0.1, -0.05) is 18.2 Å². The normalized spacial score (nSPS) is 21.1. The molecule has 2 heterocycles. The van der Waals surface area contributed by atoms with Gasteiger partial charge >= 0.3 is 0 Å². The topological polar surface area (TPSA) is 36.4 Å². The molecule has 0 saturated carbocycles. The van der Waals surface area contributed by atoms with Gasteiger partial charge in [-0.15, -0.1) is 0 Å². The second kappa shape index (κ2) is 5.41. The number of piperidine rings is 1. The third-order valence-corrected chi connectivity index (χ3v) is 4.30. The summed E-state index contributed by atoms with van der Waals surface area (Å²) in [4.78, 5) is 7.02. The lowest BCUT2D eigenvalue weighted by atomic mass is 9.93. The molecule has 1 N–H and O–H groups in total. The van der Waals surface area contributed by atoms with Crippen molar-refractivity contribution in [2.45, 2.75) is 32.8 Å². The van der Waals surface area contributed by atoms with Gasteiger partial charge in [0.2, 0.25) is 0 Å². The van der Waals surface area contributed by atoms with Crippen molar-refractivity contribution in [1.82, 2.24) is 4.98 Å². The van der Waals surface area contributed by atoms with Crippen LogP contribution in [0.15, 0.2) is 30.3 Å².